The first kappa shape index (κ1) is 13.6. The van der Waals surface area contributed by atoms with Crippen LogP contribution in [-0.4, -0.2) is 30.6 Å². The maximum atomic E-state index is 3.60. The normalized spacial score (nSPS) is 19.9. The zero-order valence-corrected chi connectivity index (χ0v) is 11.7. The monoisotopic (exact) mass is 246 g/mol. The van der Waals surface area contributed by atoms with Crippen molar-refractivity contribution in [2.45, 2.75) is 39.3 Å². The minimum absolute atomic E-state index is 0.701. The Balaban J connectivity index is 1.91. The fourth-order valence-electron chi connectivity index (χ4n) is 2.79. The minimum atomic E-state index is 0.701. The Kier molecular flexibility index (Phi) is 5.21. The van der Waals surface area contributed by atoms with Crippen LogP contribution in [0.15, 0.2) is 30.3 Å². The van der Waals surface area contributed by atoms with E-state index < -0.39 is 0 Å². The lowest BCUT2D eigenvalue weighted by Gasteiger charge is -2.27. The summed E-state index contributed by atoms with van der Waals surface area (Å²) in [6, 6.07) is 11.5. The molecule has 0 spiro atoms. The van der Waals surface area contributed by atoms with Gasteiger partial charge in [0.15, 0.2) is 0 Å². The van der Waals surface area contributed by atoms with E-state index in [2.05, 4.69) is 54.4 Å². The maximum absolute atomic E-state index is 3.60. The molecular formula is C16H26N2. The SMILES string of the molecule is CC(C)CN(Cc1ccccc1)CC1CCCN1. The lowest BCUT2D eigenvalue weighted by Crippen LogP contribution is -2.38. The Bertz CT molecular complexity index is 328. The molecule has 0 amide bonds. The van der Waals surface area contributed by atoms with E-state index in [1.807, 2.05) is 0 Å². The molecule has 18 heavy (non-hydrogen) atoms. The van der Waals surface area contributed by atoms with Gasteiger partial charge < -0.3 is 5.32 Å². The van der Waals surface area contributed by atoms with Gasteiger partial charge in [-0.1, -0.05) is 44.2 Å². The molecule has 0 aliphatic carbocycles. The van der Waals surface area contributed by atoms with Gasteiger partial charge in [0.25, 0.3) is 0 Å². The second-order valence-electron chi connectivity index (χ2n) is 5.87. The minimum Gasteiger partial charge on any atom is -0.313 e. The molecule has 1 aliphatic rings. The summed E-state index contributed by atoms with van der Waals surface area (Å²) in [6.07, 6.45) is 2.68. The standard InChI is InChI=1S/C16H26N2/c1-14(2)11-18(13-16-9-6-10-17-16)12-15-7-4-3-5-8-15/h3-5,7-8,14,16-17H,6,9-13H2,1-2H3. The van der Waals surface area contributed by atoms with E-state index in [0.29, 0.717) is 6.04 Å². The summed E-state index contributed by atoms with van der Waals surface area (Å²) in [7, 11) is 0. The fraction of sp³-hybridized carbons (Fsp3) is 0.625. The van der Waals surface area contributed by atoms with Crippen molar-refractivity contribution in [1.29, 1.82) is 0 Å². The van der Waals surface area contributed by atoms with E-state index in [4.69, 9.17) is 0 Å². The molecule has 2 rings (SSSR count). The highest BCUT2D eigenvalue weighted by atomic mass is 15.2. The molecule has 1 heterocycles. The van der Waals surface area contributed by atoms with Crippen LogP contribution in [0.2, 0.25) is 0 Å². The van der Waals surface area contributed by atoms with Gasteiger partial charge in [-0.15, -0.1) is 0 Å². The molecule has 2 heteroatoms. The molecule has 1 saturated heterocycles. The number of hydrogen-bond acceptors (Lipinski definition) is 2. The number of hydrogen-bond donors (Lipinski definition) is 1. The summed E-state index contributed by atoms with van der Waals surface area (Å²) in [5.41, 5.74) is 1.43. The first-order valence-corrected chi connectivity index (χ1v) is 7.23. The second-order valence-corrected chi connectivity index (χ2v) is 5.87. The highest BCUT2D eigenvalue weighted by Crippen LogP contribution is 2.12. The van der Waals surface area contributed by atoms with Gasteiger partial charge >= 0.3 is 0 Å². The molecule has 100 valence electrons. The predicted molar refractivity (Wildman–Crippen MR) is 77.6 cm³/mol. The van der Waals surface area contributed by atoms with E-state index in [1.54, 1.807) is 0 Å². The molecule has 0 saturated carbocycles. The van der Waals surface area contributed by atoms with Crippen LogP contribution in [0.25, 0.3) is 0 Å². The molecule has 1 aliphatic heterocycles. The van der Waals surface area contributed by atoms with Crippen molar-refractivity contribution in [3.63, 3.8) is 0 Å². The molecule has 1 fully saturated rings. The van der Waals surface area contributed by atoms with Gasteiger partial charge in [-0.05, 0) is 30.9 Å². The van der Waals surface area contributed by atoms with E-state index in [0.717, 1.165) is 12.5 Å². The van der Waals surface area contributed by atoms with E-state index >= 15 is 0 Å². The Morgan fingerprint density at radius 1 is 1.28 bits per heavy atom. The van der Waals surface area contributed by atoms with Crippen LogP contribution in [0.4, 0.5) is 0 Å². The third-order valence-corrected chi connectivity index (χ3v) is 3.51. The van der Waals surface area contributed by atoms with Gasteiger partial charge in [0, 0.05) is 25.7 Å². The van der Waals surface area contributed by atoms with Gasteiger partial charge in [0.2, 0.25) is 0 Å². The molecule has 1 N–H and O–H groups in total. The summed E-state index contributed by atoms with van der Waals surface area (Å²) in [5.74, 6) is 0.732. The van der Waals surface area contributed by atoms with Crippen molar-refractivity contribution >= 4 is 0 Å². The Morgan fingerprint density at radius 2 is 2.06 bits per heavy atom. The van der Waals surface area contributed by atoms with Gasteiger partial charge in [0.05, 0.1) is 0 Å². The molecule has 0 aromatic heterocycles. The van der Waals surface area contributed by atoms with E-state index in [1.165, 1.54) is 38.0 Å². The second kappa shape index (κ2) is 6.91. The summed E-state index contributed by atoms with van der Waals surface area (Å²) >= 11 is 0. The average molecular weight is 246 g/mol. The lowest BCUT2D eigenvalue weighted by molar-refractivity contribution is 0.216. The van der Waals surface area contributed by atoms with Gasteiger partial charge in [0.1, 0.15) is 0 Å². The zero-order valence-electron chi connectivity index (χ0n) is 11.7. The zero-order chi connectivity index (χ0) is 12.8. The average Bonchev–Trinajstić information content (AvgIpc) is 2.82. The summed E-state index contributed by atoms with van der Waals surface area (Å²) in [5, 5.41) is 3.60. The lowest BCUT2D eigenvalue weighted by atomic mass is 10.1. The Morgan fingerprint density at radius 3 is 2.67 bits per heavy atom. The smallest absolute Gasteiger partial charge is 0.0234 e. The molecule has 0 radical (unpaired) electrons. The highest BCUT2D eigenvalue weighted by Gasteiger charge is 2.18. The van der Waals surface area contributed by atoms with Crippen LogP contribution >= 0.6 is 0 Å². The van der Waals surface area contributed by atoms with Crippen LogP contribution in [0.5, 0.6) is 0 Å². The molecule has 1 atom stereocenters. The van der Waals surface area contributed by atoms with Gasteiger partial charge in [-0.2, -0.15) is 0 Å². The van der Waals surface area contributed by atoms with E-state index in [9.17, 15) is 0 Å². The largest absolute Gasteiger partial charge is 0.313 e. The van der Waals surface area contributed by atoms with E-state index in [-0.39, 0.29) is 0 Å². The Labute approximate surface area is 111 Å². The number of rotatable bonds is 6. The Hall–Kier alpha value is -0.860. The van der Waals surface area contributed by atoms with Gasteiger partial charge in [-0.3, -0.25) is 4.90 Å². The molecule has 2 nitrogen and oxygen atoms in total. The highest BCUT2D eigenvalue weighted by molar-refractivity contribution is 5.14. The number of nitrogens with one attached hydrogen (secondary N) is 1. The third-order valence-electron chi connectivity index (χ3n) is 3.51. The van der Waals surface area contributed by atoms with Crippen molar-refractivity contribution in [3.8, 4) is 0 Å². The van der Waals surface area contributed by atoms with Crippen LogP contribution in [0.3, 0.4) is 0 Å². The quantitative estimate of drug-likeness (QED) is 0.830. The molecule has 1 unspecified atom stereocenters. The molecule has 1 aromatic rings. The van der Waals surface area contributed by atoms with Crippen LogP contribution in [0.1, 0.15) is 32.3 Å². The topological polar surface area (TPSA) is 15.3 Å². The van der Waals surface area contributed by atoms with Gasteiger partial charge in [-0.25, -0.2) is 0 Å². The van der Waals surface area contributed by atoms with Crippen molar-refractivity contribution in [2.75, 3.05) is 19.6 Å². The molecule has 0 bridgehead atoms. The third kappa shape index (κ3) is 4.43. The van der Waals surface area contributed by atoms with Crippen LogP contribution in [-0.2, 0) is 6.54 Å². The van der Waals surface area contributed by atoms with Crippen molar-refractivity contribution in [2.24, 2.45) is 5.92 Å². The predicted octanol–water partition coefficient (Wildman–Crippen LogP) is 2.90. The first-order chi connectivity index (χ1) is 8.74. The first-order valence-electron chi connectivity index (χ1n) is 7.23. The number of nitrogens with zero attached hydrogens (tertiary/aromatic N) is 1. The summed E-state index contributed by atoms with van der Waals surface area (Å²) in [6.45, 7) is 9.27. The maximum Gasteiger partial charge on any atom is 0.0234 e. The van der Waals surface area contributed by atoms with Crippen molar-refractivity contribution in [3.05, 3.63) is 35.9 Å². The number of benzene rings is 1. The van der Waals surface area contributed by atoms with Crippen LogP contribution < -0.4 is 5.32 Å². The van der Waals surface area contributed by atoms with Crippen molar-refractivity contribution < 1.29 is 0 Å². The fourth-order valence-corrected chi connectivity index (χ4v) is 2.79. The summed E-state index contributed by atoms with van der Waals surface area (Å²) in [4.78, 5) is 2.60. The van der Waals surface area contributed by atoms with Crippen molar-refractivity contribution in [1.82, 2.24) is 10.2 Å². The molecule has 1 aromatic carbocycles. The summed E-state index contributed by atoms with van der Waals surface area (Å²) < 4.78 is 0. The van der Waals surface area contributed by atoms with Crippen LogP contribution in [0, 0.1) is 5.92 Å². The molecular weight excluding hydrogens is 220 g/mol.